The van der Waals surface area contributed by atoms with Crippen LogP contribution in [-0.4, -0.2) is 86.3 Å². The van der Waals surface area contributed by atoms with Crippen molar-refractivity contribution in [2.24, 2.45) is 0 Å². The van der Waals surface area contributed by atoms with Gasteiger partial charge >= 0.3 is 0 Å². The molecule has 200 valence electrons. The third-order valence-corrected chi connectivity index (χ3v) is 10.7. The standard InChI is InChI=1S/C26H33ClN4O4S2/c27-21-9-7-19(8-10-21)20-15-25(36-18-20)37(34,35)28-23-6-4-13-30(26(23)33)17-24(32)31-14-3-5-22(31)16-29-11-1-2-12-29/h7-10,15,18,22-23,28H,1-6,11-14,16-17H2/t22-,23-/m0/s1. The number of amides is 2. The van der Waals surface area contributed by atoms with Crippen LogP contribution in [0.15, 0.2) is 39.9 Å². The molecule has 1 aromatic carbocycles. The molecule has 11 heteroatoms. The molecule has 0 aliphatic carbocycles. The second kappa shape index (κ2) is 11.4. The van der Waals surface area contributed by atoms with E-state index in [0.29, 0.717) is 24.4 Å². The van der Waals surface area contributed by atoms with Gasteiger partial charge in [-0.1, -0.05) is 23.7 Å². The van der Waals surface area contributed by atoms with Crippen LogP contribution in [-0.2, 0) is 19.6 Å². The van der Waals surface area contributed by atoms with Crippen LogP contribution in [0.3, 0.4) is 0 Å². The summed E-state index contributed by atoms with van der Waals surface area (Å²) < 4.78 is 29.0. The summed E-state index contributed by atoms with van der Waals surface area (Å²) in [4.78, 5) is 32.3. The normalized spacial score (nSPS) is 23.2. The van der Waals surface area contributed by atoms with Crippen LogP contribution in [0.5, 0.6) is 0 Å². The molecule has 0 bridgehead atoms. The number of hydrogen-bond donors (Lipinski definition) is 1. The zero-order valence-corrected chi connectivity index (χ0v) is 23.2. The van der Waals surface area contributed by atoms with Crippen molar-refractivity contribution in [3.63, 3.8) is 0 Å². The maximum Gasteiger partial charge on any atom is 0.250 e. The number of nitrogens with one attached hydrogen (secondary N) is 1. The largest absolute Gasteiger partial charge is 0.337 e. The molecule has 2 atom stereocenters. The molecule has 3 aliphatic rings. The maximum absolute atomic E-state index is 13.2. The average molecular weight is 565 g/mol. The molecule has 1 aromatic heterocycles. The van der Waals surface area contributed by atoms with Crippen LogP contribution in [0.2, 0.25) is 5.02 Å². The van der Waals surface area contributed by atoms with Gasteiger partial charge in [-0.3, -0.25) is 9.59 Å². The van der Waals surface area contributed by atoms with E-state index in [1.165, 1.54) is 17.7 Å². The number of sulfonamides is 1. The zero-order chi connectivity index (χ0) is 26.0. The van der Waals surface area contributed by atoms with Gasteiger partial charge in [0.2, 0.25) is 11.8 Å². The molecule has 0 saturated carbocycles. The first kappa shape index (κ1) is 26.6. The fourth-order valence-corrected chi connectivity index (χ4v) is 8.13. The van der Waals surface area contributed by atoms with Crippen LogP contribution < -0.4 is 4.72 Å². The number of carbonyl (C=O) groups is 2. The number of rotatable bonds is 8. The summed E-state index contributed by atoms with van der Waals surface area (Å²) in [5.41, 5.74) is 1.64. The van der Waals surface area contributed by atoms with E-state index < -0.39 is 16.1 Å². The van der Waals surface area contributed by atoms with Crippen LogP contribution in [0.4, 0.5) is 0 Å². The lowest BCUT2D eigenvalue weighted by molar-refractivity contribution is -0.143. The third-order valence-electron chi connectivity index (χ3n) is 7.54. The van der Waals surface area contributed by atoms with Crippen molar-refractivity contribution in [1.29, 1.82) is 0 Å². The molecule has 2 amide bonds. The number of nitrogens with zero attached hydrogens (tertiary/aromatic N) is 3. The van der Waals surface area contributed by atoms with Gasteiger partial charge in [0.25, 0.3) is 10.0 Å². The highest BCUT2D eigenvalue weighted by atomic mass is 35.5. The first-order valence-electron chi connectivity index (χ1n) is 13.0. The maximum atomic E-state index is 13.2. The molecular formula is C26H33ClN4O4S2. The van der Waals surface area contributed by atoms with Gasteiger partial charge in [-0.25, -0.2) is 8.42 Å². The number of hydrogen-bond acceptors (Lipinski definition) is 6. The highest BCUT2D eigenvalue weighted by Crippen LogP contribution is 2.30. The van der Waals surface area contributed by atoms with Gasteiger partial charge in [0.1, 0.15) is 10.3 Å². The number of likely N-dealkylation sites (tertiary alicyclic amines) is 3. The first-order chi connectivity index (χ1) is 17.8. The molecule has 8 nitrogen and oxygen atoms in total. The van der Waals surface area contributed by atoms with Gasteiger partial charge < -0.3 is 14.7 Å². The monoisotopic (exact) mass is 564 g/mol. The third kappa shape index (κ3) is 6.20. The fourth-order valence-electron chi connectivity index (χ4n) is 5.57. The molecule has 37 heavy (non-hydrogen) atoms. The minimum Gasteiger partial charge on any atom is -0.337 e. The zero-order valence-electron chi connectivity index (χ0n) is 20.8. The Hall–Kier alpha value is -1.98. The van der Waals surface area contributed by atoms with Crippen LogP contribution >= 0.6 is 22.9 Å². The highest BCUT2D eigenvalue weighted by molar-refractivity contribution is 7.91. The van der Waals surface area contributed by atoms with Crippen molar-refractivity contribution in [2.45, 2.75) is 54.8 Å². The molecule has 0 radical (unpaired) electrons. The number of halogens is 1. The van der Waals surface area contributed by atoms with Crippen LogP contribution in [0.1, 0.15) is 38.5 Å². The van der Waals surface area contributed by atoms with Gasteiger partial charge in [0.05, 0.1) is 6.54 Å². The molecule has 3 fully saturated rings. The van der Waals surface area contributed by atoms with Crippen LogP contribution in [0.25, 0.3) is 11.1 Å². The van der Waals surface area contributed by atoms with Gasteiger partial charge in [-0.05, 0) is 86.3 Å². The first-order valence-corrected chi connectivity index (χ1v) is 15.7. The molecule has 0 spiro atoms. The molecule has 1 N–H and O–H groups in total. The van der Waals surface area contributed by atoms with Gasteiger partial charge in [-0.15, -0.1) is 11.3 Å². The summed E-state index contributed by atoms with van der Waals surface area (Å²) in [5, 5.41) is 2.39. The Balaban J connectivity index is 1.20. The lowest BCUT2D eigenvalue weighted by Gasteiger charge is -2.34. The number of benzene rings is 1. The summed E-state index contributed by atoms with van der Waals surface area (Å²) in [6, 6.07) is 8.13. The number of thiophene rings is 1. The SMILES string of the molecule is O=C1[C@@H](NS(=O)(=O)c2cc(-c3ccc(Cl)cc3)cs2)CCCN1CC(=O)N1CCC[C@H]1CN1CCCC1. The predicted octanol–water partition coefficient (Wildman–Crippen LogP) is 3.42. The van der Waals surface area contributed by atoms with E-state index >= 15 is 0 Å². The summed E-state index contributed by atoms with van der Waals surface area (Å²) in [5.74, 6) is -0.364. The summed E-state index contributed by atoms with van der Waals surface area (Å²) in [6.45, 7) is 4.29. The Morgan fingerprint density at radius 2 is 1.73 bits per heavy atom. The van der Waals surface area contributed by atoms with Crippen molar-refractivity contribution in [2.75, 3.05) is 39.3 Å². The van der Waals surface area contributed by atoms with E-state index in [1.54, 1.807) is 23.6 Å². The molecular weight excluding hydrogens is 532 g/mol. The number of piperidine rings is 1. The van der Waals surface area contributed by atoms with Crippen molar-refractivity contribution in [1.82, 2.24) is 19.4 Å². The van der Waals surface area contributed by atoms with E-state index in [2.05, 4.69) is 9.62 Å². The Morgan fingerprint density at radius 3 is 2.49 bits per heavy atom. The molecule has 3 aliphatic heterocycles. The van der Waals surface area contributed by atoms with Gasteiger partial charge in [0.15, 0.2) is 0 Å². The minimum atomic E-state index is -3.88. The topological polar surface area (TPSA) is 90.0 Å². The van der Waals surface area contributed by atoms with E-state index in [-0.39, 0.29) is 28.6 Å². The molecule has 0 unspecified atom stereocenters. The smallest absolute Gasteiger partial charge is 0.250 e. The molecule has 2 aromatic rings. The van der Waals surface area contributed by atoms with E-state index in [4.69, 9.17) is 11.6 Å². The quantitative estimate of drug-likeness (QED) is 0.530. The Labute approximate surface area is 227 Å². The number of carbonyl (C=O) groups excluding carboxylic acids is 2. The summed E-state index contributed by atoms with van der Waals surface area (Å²) in [6.07, 6.45) is 5.47. The van der Waals surface area contributed by atoms with Gasteiger partial charge in [-0.2, -0.15) is 4.72 Å². The van der Waals surface area contributed by atoms with Crippen molar-refractivity contribution < 1.29 is 18.0 Å². The van der Waals surface area contributed by atoms with Gasteiger partial charge in [0, 0.05) is 30.7 Å². The average Bonchev–Trinajstić information content (AvgIpc) is 3.65. The lowest BCUT2D eigenvalue weighted by Crippen LogP contribution is -2.55. The van der Waals surface area contributed by atoms with E-state index in [1.807, 2.05) is 17.0 Å². The predicted molar refractivity (Wildman–Crippen MR) is 145 cm³/mol. The molecule has 4 heterocycles. The molecule has 5 rings (SSSR count). The molecule has 3 saturated heterocycles. The van der Waals surface area contributed by atoms with Crippen molar-refractivity contribution >= 4 is 44.8 Å². The van der Waals surface area contributed by atoms with E-state index in [0.717, 1.165) is 61.5 Å². The Bertz CT molecular complexity index is 1230. The van der Waals surface area contributed by atoms with Crippen molar-refractivity contribution in [3.05, 3.63) is 40.7 Å². The fraction of sp³-hybridized carbons (Fsp3) is 0.538. The Morgan fingerprint density at radius 1 is 1.00 bits per heavy atom. The summed E-state index contributed by atoms with van der Waals surface area (Å²) >= 11 is 7.07. The van der Waals surface area contributed by atoms with E-state index in [9.17, 15) is 18.0 Å². The second-order valence-electron chi connectivity index (χ2n) is 10.1. The summed E-state index contributed by atoms with van der Waals surface area (Å²) in [7, 11) is -3.88. The second-order valence-corrected chi connectivity index (χ2v) is 13.4. The lowest BCUT2D eigenvalue weighted by atomic mass is 10.1. The minimum absolute atomic E-state index is 0.00722. The van der Waals surface area contributed by atoms with Crippen LogP contribution in [0, 0.1) is 0 Å². The highest BCUT2D eigenvalue weighted by Gasteiger charge is 2.36. The Kier molecular flexibility index (Phi) is 8.21. The van der Waals surface area contributed by atoms with Crippen molar-refractivity contribution in [3.8, 4) is 11.1 Å².